The lowest BCUT2D eigenvalue weighted by molar-refractivity contribution is -0.144. The van der Waals surface area contributed by atoms with Gasteiger partial charge in [-0.25, -0.2) is 14.4 Å². The van der Waals surface area contributed by atoms with Gasteiger partial charge in [0.25, 0.3) is 5.91 Å². The van der Waals surface area contributed by atoms with Crippen molar-refractivity contribution in [1.82, 2.24) is 9.80 Å². The third-order valence-corrected chi connectivity index (χ3v) is 6.75. The fraction of sp³-hybridized carbons (Fsp3) is 0.429. The van der Waals surface area contributed by atoms with Gasteiger partial charge in [0, 0.05) is 13.1 Å². The largest absolute Gasteiger partial charge is 0.480 e. The van der Waals surface area contributed by atoms with Gasteiger partial charge in [0.2, 0.25) is 0 Å². The zero-order valence-corrected chi connectivity index (χ0v) is 22.6. The molecule has 2 fully saturated rings. The minimum atomic E-state index is -4.60. The molecule has 1 aliphatic carbocycles. The number of halogens is 3. The molecule has 10 nitrogen and oxygen atoms in total. The third-order valence-electron chi connectivity index (χ3n) is 6.75. The van der Waals surface area contributed by atoms with Gasteiger partial charge in [-0.15, -0.1) is 0 Å². The Bertz CT molecular complexity index is 1380. The SMILES string of the molecule is CC(C)(C)OC(=O)Nc1ccc(-c2cc(C3CC3)cc(C(F)(F)F)c2)cc1C(=O)N1CCN(C(=O)O)CC1C(=O)O. The quantitative estimate of drug-likeness (QED) is 0.428. The minimum absolute atomic E-state index is 0.00659. The molecule has 220 valence electrons. The van der Waals surface area contributed by atoms with E-state index in [-0.39, 0.29) is 41.4 Å². The van der Waals surface area contributed by atoms with Crippen LogP contribution in [0.4, 0.5) is 28.4 Å². The van der Waals surface area contributed by atoms with Gasteiger partial charge in [0.1, 0.15) is 11.6 Å². The molecule has 2 aromatic carbocycles. The van der Waals surface area contributed by atoms with Crippen LogP contribution in [0.25, 0.3) is 11.1 Å². The Kier molecular flexibility index (Phi) is 7.92. The number of rotatable bonds is 5. The third kappa shape index (κ3) is 7.08. The standard InChI is InChI=1S/C28H30F3N3O7/c1-27(2,3)41-25(38)32-21-7-6-16(18-10-17(15-4-5-15)11-19(12-18)28(29,30)31)13-20(21)23(35)34-9-8-33(26(39)40)14-22(34)24(36)37/h6-7,10-13,15,22H,4-5,8-9,14H2,1-3H3,(H,32,38)(H,36,37)(H,39,40). The van der Waals surface area contributed by atoms with Crippen molar-refractivity contribution in [3.63, 3.8) is 0 Å². The number of piperazine rings is 1. The van der Waals surface area contributed by atoms with Crippen LogP contribution in [-0.2, 0) is 15.7 Å². The lowest BCUT2D eigenvalue weighted by Crippen LogP contribution is -2.59. The summed E-state index contributed by atoms with van der Waals surface area (Å²) in [5.41, 5.74) is -0.989. The second kappa shape index (κ2) is 10.9. The average Bonchev–Trinajstić information content (AvgIpc) is 3.72. The van der Waals surface area contributed by atoms with Gasteiger partial charge in [0.15, 0.2) is 0 Å². The van der Waals surface area contributed by atoms with E-state index in [1.807, 2.05) is 0 Å². The summed E-state index contributed by atoms with van der Waals surface area (Å²) in [4.78, 5) is 51.6. The van der Waals surface area contributed by atoms with Crippen molar-refractivity contribution >= 4 is 29.8 Å². The number of nitrogens with zero attached hydrogens (tertiary/aromatic N) is 2. The lowest BCUT2D eigenvalue weighted by atomic mass is 9.95. The van der Waals surface area contributed by atoms with E-state index < -0.39 is 54.0 Å². The summed E-state index contributed by atoms with van der Waals surface area (Å²) in [6.45, 7) is 4.00. The molecule has 0 radical (unpaired) electrons. The van der Waals surface area contributed by atoms with E-state index in [0.717, 1.165) is 34.8 Å². The molecule has 0 bridgehead atoms. The maximum Gasteiger partial charge on any atom is 0.416 e. The Balaban J connectivity index is 1.78. The number of carbonyl (C=O) groups excluding carboxylic acids is 2. The molecule has 1 aliphatic heterocycles. The highest BCUT2D eigenvalue weighted by Crippen LogP contribution is 2.44. The molecule has 41 heavy (non-hydrogen) atoms. The first-order chi connectivity index (χ1) is 19.0. The molecule has 1 unspecified atom stereocenters. The summed E-state index contributed by atoms with van der Waals surface area (Å²) < 4.78 is 46.4. The fourth-order valence-corrected chi connectivity index (χ4v) is 4.62. The van der Waals surface area contributed by atoms with Crippen molar-refractivity contribution < 1.29 is 47.3 Å². The van der Waals surface area contributed by atoms with Crippen LogP contribution in [0.15, 0.2) is 36.4 Å². The van der Waals surface area contributed by atoms with Crippen molar-refractivity contribution in [3.05, 3.63) is 53.1 Å². The van der Waals surface area contributed by atoms with Crippen molar-refractivity contribution in [2.75, 3.05) is 25.0 Å². The van der Waals surface area contributed by atoms with Gasteiger partial charge in [-0.2, -0.15) is 13.2 Å². The first-order valence-corrected chi connectivity index (χ1v) is 12.9. The molecular weight excluding hydrogens is 547 g/mol. The number of hydrogen-bond donors (Lipinski definition) is 3. The molecule has 1 saturated carbocycles. The molecular formula is C28H30F3N3O7. The number of alkyl halides is 3. The molecule has 1 saturated heterocycles. The Morgan fingerprint density at radius 2 is 1.63 bits per heavy atom. The van der Waals surface area contributed by atoms with Gasteiger partial charge in [-0.05, 0) is 80.5 Å². The topological polar surface area (TPSA) is 136 Å². The number of carboxylic acid groups (broad SMARTS) is 2. The summed E-state index contributed by atoms with van der Waals surface area (Å²) in [5.74, 6) is -2.27. The number of carbonyl (C=O) groups is 4. The van der Waals surface area contributed by atoms with Crippen molar-refractivity contribution in [2.24, 2.45) is 0 Å². The van der Waals surface area contributed by atoms with E-state index in [4.69, 9.17) is 4.74 Å². The van der Waals surface area contributed by atoms with Crippen LogP contribution in [-0.4, -0.2) is 75.4 Å². The minimum Gasteiger partial charge on any atom is -0.480 e. The van der Waals surface area contributed by atoms with E-state index >= 15 is 0 Å². The summed E-state index contributed by atoms with van der Waals surface area (Å²) in [6.07, 6.45) is -5.31. The number of hydrogen-bond acceptors (Lipinski definition) is 5. The highest BCUT2D eigenvalue weighted by Gasteiger charge is 2.39. The van der Waals surface area contributed by atoms with E-state index in [0.29, 0.717) is 5.56 Å². The monoisotopic (exact) mass is 577 g/mol. The summed E-state index contributed by atoms with van der Waals surface area (Å²) in [6, 6.07) is 6.28. The molecule has 1 heterocycles. The second-order valence-electron chi connectivity index (χ2n) is 11.1. The van der Waals surface area contributed by atoms with Crippen LogP contribution >= 0.6 is 0 Å². The maximum atomic E-state index is 13.8. The Labute approximate surface area is 233 Å². The second-order valence-corrected chi connectivity index (χ2v) is 11.1. The van der Waals surface area contributed by atoms with Crippen LogP contribution in [0, 0.1) is 0 Å². The predicted octanol–water partition coefficient (Wildman–Crippen LogP) is 5.49. The molecule has 2 aromatic rings. The summed E-state index contributed by atoms with van der Waals surface area (Å²) >= 11 is 0. The van der Waals surface area contributed by atoms with Crippen LogP contribution in [0.3, 0.4) is 0 Å². The smallest absolute Gasteiger partial charge is 0.416 e. The number of aliphatic carboxylic acids is 1. The molecule has 0 spiro atoms. The van der Waals surface area contributed by atoms with Crippen LogP contribution < -0.4 is 5.32 Å². The molecule has 3 amide bonds. The van der Waals surface area contributed by atoms with Gasteiger partial charge in [-0.1, -0.05) is 12.1 Å². The summed E-state index contributed by atoms with van der Waals surface area (Å²) in [7, 11) is 0. The van der Waals surface area contributed by atoms with Crippen LogP contribution in [0.2, 0.25) is 0 Å². The Morgan fingerprint density at radius 1 is 0.951 bits per heavy atom. The van der Waals surface area contributed by atoms with Gasteiger partial charge in [-0.3, -0.25) is 10.1 Å². The molecule has 2 aliphatic rings. The first-order valence-electron chi connectivity index (χ1n) is 12.9. The average molecular weight is 578 g/mol. The van der Waals surface area contributed by atoms with Crippen molar-refractivity contribution in [1.29, 1.82) is 0 Å². The zero-order valence-electron chi connectivity index (χ0n) is 22.6. The molecule has 13 heteroatoms. The summed E-state index contributed by atoms with van der Waals surface area (Å²) in [5, 5.41) is 21.5. The van der Waals surface area contributed by atoms with E-state index in [1.165, 1.54) is 18.2 Å². The first kappa shape index (κ1) is 29.7. The van der Waals surface area contributed by atoms with Gasteiger partial charge in [0.05, 0.1) is 23.4 Å². The lowest BCUT2D eigenvalue weighted by Gasteiger charge is -2.38. The molecule has 0 aromatic heterocycles. The number of benzene rings is 2. The van der Waals surface area contributed by atoms with E-state index in [1.54, 1.807) is 26.8 Å². The molecule has 4 rings (SSSR count). The van der Waals surface area contributed by atoms with Crippen molar-refractivity contribution in [3.8, 4) is 11.1 Å². The van der Waals surface area contributed by atoms with Crippen LogP contribution in [0.5, 0.6) is 0 Å². The normalized spacial score (nSPS) is 17.7. The van der Waals surface area contributed by atoms with E-state index in [9.17, 15) is 42.6 Å². The fourth-order valence-electron chi connectivity index (χ4n) is 4.62. The van der Waals surface area contributed by atoms with Gasteiger partial charge < -0.3 is 24.7 Å². The Morgan fingerprint density at radius 3 is 2.20 bits per heavy atom. The van der Waals surface area contributed by atoms with Crippen molar-refractivity contribution in [2.45, 2.75) is 57.3 Å². The number of amides is 3. The zero-order chi connectivity index (χ0) is 30.3. The molecule has 3 N–H and O–H groups in total. The van der Waals surface area contributed by atoms with Gasteiger partial charge >= 0.3 is 24.3 Å². The highest BCUT2D eigenvalue weighted by molar-refractivity contribution is 6.05. The number of ether oxygens (including phenoxy) is 1. The van der Waals surface area contributed by atoms with Crippen LogP contribution in [0.1, 0.15) is 61.0 Å². The number of carboxylic acids is 1. The molecule has 1 atom stereocenters. The number of nitrogens with one attached hydrogen (secondary N) is 1. The number of anilines is 1. The predicted molar refractivity (Wildman–Crippen MR) is 141 cm³/mol. The highest BCUT2D eigenvalue weighted by atomic mass is 19.4. The Hall–Kier alpha value is -4.29. The maximum absolute atomic E-state index is 13.8. The van der Waals surface area contributed by atoms with E-state index in [2.05, 4.69) is 5.32 Å².